The summed E-state index contributed by atoms with van der Waals surface area (Å²) in [5, 5.41) is 9.48. The van der Waals surface area contributed by atoms with Gasteiger partial charge in [-0.15, -0.1) is 0 Å². The van der Waals surface area contributed by atoms with Gasteiger partial charge in [0.2, 0.25) is 0 Å². The van der Waals surface area contributed by atoms with E-state index in [2.05, 4.69) is 289 Å². The minimum Gasteiger partial charge on any atom is -0.292 e. The highest BCUT2D eigenvalue weighted by atomic mass is 15.1. The molecule has 4 heterocycles. The minimum atomic E-state index is 0.845. The van der Waals surface area contributed by atoms with Crippen molar-refractivity contribution in [1.29, 1.82) is 0 Å². The number of pyridine rings is 3. The topological polar surface area (TPSA) is 56.5 Å². The van der Waals surface area contributed by atoms with Crippen molar-refractivity contribution >= 4 is 65.2 Å². The molecule has 0 aliphatic heterocycles. The van der Waals surface area contributed by atoms with Crippen molar-refractivity contribution in [2.75, 3.05) is 0 Å². The third-order valence-electron chi connectivity index (χ3n) is 16.5. The summed E-state index contributed by atoms with van der Waals surface area (Å²) in [5.74, 6) is 0.862. The van der Waals surface area contributed by atoms with Crippen molar-refractivity contribution in [3.8, 4) is 95.2 Å². The lowest BCUT2D eigenvalue weighted by molar-refractivity contribution is 1.10. The van der Waals surface area contributed by atoms with Crippen LogP contribution in [0.15, 0.2) is 298 Å². The normalized spacial score (nSPS) is 11.6. The molecule has 0 fully saturated rings. The van der Waals surface area contributed by atoms with Gasteiger partial charge in [-0.2, -0.15) is 0 Å². The monoisotopic (exact) mass is 1060 g/mol. The van der Waals surface area contributed by atoms with Crippen LogP contribution in [-0.2, 0) is 0 Å². The highest BCUT2D eigenvalue weighted by Gasteiger charge is 2.22. The number of para-hydroxylation sites is 2. The molecule has 16 aromatic rings. The molecule has 0 unspecified atom stereocenters. The molecule has 0 saturated carbocycles. The maximum absolute atomic E-state index is 5.61. The number of hydrogen-bond acceptors (Lipinski definition) is 4. The number of fused-ring (bicyclic) bond motifs is 7. The number of imidazole rings is 1. The van der Waals surface area contributed by atoms with Gasteiger partial charge in [-0.25, -0.2) is 15.0 Å². The van der Waals surface area contributed by atoms with Crippen LogP contribution in [0.25, 0.3) is 160 Å². The molecule has 16 rings (SSSR count). The Morgan fingerprint density at radius 3 is 1.43 bits per heavy atom. The van der Waals surface area contributed by atoms with Crippen LogP contribution >= 0.6 is 0 Å². The Bertz CT molecular complexity index is 5110. The zero-order valence-corrected chi connectivity index (χ0v) is 45.0. The summed E-state index contributed by atoms with van der Waals surface area (Å²) < 4.78 is 2.29. The first-order valence-corrected chi connectivity index (χ1v) is 28.2. The number of benzene rings is 12. The molecular weight excluding hydrogens is 1010 g/mol. The molecule has 0 aliphatic carbocycles. The van der Waals surface area contributed by atoms with Gasteiger partial charge in [-0.1, -0.05) is 237 Å². The summed E-state index contributed by atoms with van der Waals surface area (Å²) in [7, 11) is 0. The van der Waals surface area contributed by atoms with Crippen molar-refractivity contribution in [3.05, 3.63) is 298 Å². The third kappa shape index (κ3) is 8.25. The fourth-order valence-corrected chi connectivity index (χ4v) is 12.6. The second-order valence-electron chi connectivity index (χ2n) is 21.3. The fourth-order valence-electron chi connectivity index (χ4n) is 12.6. The van der Waals surface area contributed by atoms with E-state index in [1.165, 1.54) is 49.0 Å². The zero-order chi connectivity index (χ0) is 54.8. The lowest BCUT2D eigenvalue weighted by Gasteiger charge is -2.19. The maximum atomic E-state index is 5.61. The summed E-state index contributed by atoms with van der Waals surface area (Å²) >= 11 is 0. The van der Waals surface area contributed by atoms with Gasteiger partial charge in [0.25, 0.3) is 0 Å². The molecule has 0 radical (unpaired) electrons. The fraction of sp³-hybridized carbons (Fsp3) is 0. The van der Waals surface area contributed by atoms with E-state index in [0.717, 1.165) is 111 Å². The highest BCUT2D eigenvalue weighted by Crippen LogP contribution is 2.46. The van der Waals surface area contributed by atoms with Crippen LogP contribution in [0.3, 0.4) is 0 Å². The second-order valence-corrected chi connectivity index (χ2v) is 21.3. The Labute approximate surface area is 479 Å². The summed E-state index contributed by atoms with van der Waals surface area (Å²) in [4.78, 5) is 20.9. The Kier molecular flexibility index (Phi) is 11.5. The molecule has 0 saturated heterocycles. The zero-order valence-electron chi connectivity index (χ0n) is 45.0. The van der Waals surface area contributed by atoms with Crippen molar-refractivity contribution in [2.45, 2.75) is 0 Å². The molecule has 5 nitrogen and oxygen atoms in total. The van der Waals surface area contributed by atoms with Gasteiger partial charge in [-0.3, -0.25) is 9.55 Å². The van der Waals surface area contributed by atoms with E-state index in [4.69, 9.17) is 15.0 Å². The molecule has 386 valence electrons. The van der Waals surface area contributed by atoms with Crippen LogP contribution in [0.1, 0.15) is 0 Å². The first-order chi connectivity index (χ1) is 41.2. The SMILES string of the molecule is c1ccc(-c2cc(-c3ccc(-c4nc5ccccc5n4-c4ccc(-c5c6ccccc6c(-c6cccc7ccccc67)c6ccccc56)cc4)cc3)nc3c2ccc2c(-c4ccccc4)cc(-c4cccc(-c5cccnc5)c4)nc23)cc1. The van der Waals surface area contributed by atoms with Crippen molar-refractivity contribution in [1.82, 2.24) is 24.5 Å². The van der Waals surface area contributed by atoms with Crippen LogP contribution in [0.2, 0.25) is 0 Å². The van der Waals surface area contributed by atoms with Gasteiger partial charge < -0.3 is 0 Å². The van der Waals surface area contributed by atoms with Crippen molar-refractivity contribution in [3.63, 3.8) is 0 Å². The van der Waals surface area contributed by atoms with Gasteiger partial charge in [0.05, 0.1) is 33.5 Å². The maximum Gasteiger partial charge on any atom is 0.145 e. The van der Waals surface area contributed by atoms with E-state index < -0.39 is 0 Å². The summed E-state index contributed by atoms with van der Waals surface area (Å²) in [6, 6.07) is 102. The molecule has 5 heteroatoms. The highest BCUT2D eigenvalue weighted by molar-refractivity contribution is 6.23. The largest absolute Gasteiger partial charge is 0.292 e. The lowest BCUT2D eigenvalue weighted by atomic mass is 9.85. The van der Waals surface area contributed by atoms with Crippen LogP contribution in [0, 0.1) is 0 Å². The minimum absolute atomic E-state index is 0.845. The van der Waals surface area contributed by atoms with Crippen molar-refractivity contribution in [2.24, 2.45) is 0 Å². The number of hydrogen-bond donors (Lipinski definition) is 0. The lowest BCUT2D eigenvalue weighted by Crippen LogP contribution is -1.98. The Hall–Kier alpha value is -11.1. The predicted molar refractivity (Wildman–Crippen MR) is 345 cm³/mol. The van der Waals surface area contributed by atoms with Gasteiger partial charge in [-0.05, 0) is 131 Å². The first kappa shape index (κ1) is 47.8. The smallest absolute Gasteiger partial charge is 0.145 e. The van der Waals surface area contributed by atoms with Crippen LogP contribution in [0.5, 0.6) is 0 Å². The summed E-state index contributed by atoms with van der Waals surface area (Å²) in [6.07, 6.45) is 3.72. The Morgan fingerprint density at radius 1 is 0.277 bits per heavy atom. The van der Waals surface area contributed by atoms with E-state index in [9.17, 15) is 0 Å². The molecule has 0 spiro atoms. The van der Waals surface area contributed by atoms with E-state index >= 15 is 0 Å². The Morgan fingerprint density at radius 2 is 0.783 bits per heavy atom. The summed E-state index contributed by atoms with van der Waals surface area (Å²) in [5.41, 5.74) is 20.9. The van der Waals surface area contributed by atoms with E-state index in [1.807, 2.05) is 18.5 Å². The van der Waals surface area contributed by atoms with Gasteiger partial charge in [0.1, 0.15) is 5.82 Å². The number of nitrogens with zero attached hydrogens (tertiary/aromatic N) is 5. The standard InChI is InChI=1S/C78H49N5/c1-3-18-51(19-4-1)68-47-71(80-76-66(68)43-44-67-69(52-20-5-2-6-21-52)48-72(81-77(67)76)57-25-15-24-56(46-57)58-26-17-45-79-49-58)53-35-37-55(38-36-53)78-82-70-33-13-14-34-73(70)83(78)59-41-39-54(40-42-59)74-62-28-9-11-30-64(62)75(65-31-12-10-29-63(65)74)61-32-16-23-50-22-7-8-27-60(50)61/h1-49H. The molecule has 4 aromatic heterocycles. The quantitative estimate of drug-likeness (QED) is 0.107. The average Bonchev–Trinajstić information content (AvgIpc) is 2.68. The summed E-state index contributed by atoms with van der Waals surface area (Å²) in [6.45, 7) is 0. The van der Waals surface area contributed by atoms with E-state index in [0.29, 0.717) is 0 Å². The van der Waals surface area contributed by atoms with Crippen LogP contribution < -0.4 is 0 Å². The van der Waals surface area contributed by atoms with Gasteiger partial charge in [0, 0.05) is 51.1 Å². The third-order valence-corrected chi connectivity index (χ3v) is 16.5. The molecule has 83 heavy (non-hydrogen) atoms. The predicted octanol–water partition coefficient (Wildman–Crippen LogP) is 20.3. The average molecular weight is 1060 g/mol. The van der Waals surface area contributed by atoms with E-state index in [1.54, 1.807) is 0 Å². The van der Waals surface area contributed by atoms with E-state index in [-0.39, 0.29) is 0 Å². The number of aromatic nitrogens is 5. The Balaban J connectivity index is 0.820. The van der Waals surface area contributed by atoms with Crippen LogP contribution in [0.4, 0.5) is 0 Å². The van der Waals surface area contributed by atoms with Crippen LogP contribution in [-0.4, -0.2) is 24.5 Å². The number of rotatable bonds is 9. The van der Waals surface area contributed by atoms with Crippen molar-refractivity contribution < 1.29 is 0 Å². The van der Waals surface area contributed by atoms with Gasteiger partial charge >= 0.3 is 0 Å². The molecule has 0 N–H and O–H groups in total. The second kappa shape index (κ2) is 19.9. The molecule has 0 atom stereocenters. The molecule has 0 amide bonds. The molecule has 0 aliphatic rings. The molecule has 0 bridgehead atoms. The molecule has 12 aromatic carbocycles. The first-order valence-electron chi connectivity index (χ1n) is 28.2. The molecular formula is C78H49N5. The van der Waals surface area contributed by atoms with Gasteiger partial charge in [0.15, 0.2) is 0 Å².